The summed E-state index contributed by atoms with van der Waals surface area (Å²) in [5.41, 5.74) is 6.65. The van der Waals surface area contributed by atoms with Crippen molar-refractivity contribution in [2.75, 3.05) is 0 Å². The Kier molecular flexibility index (Phi) is 9.13. The molecule has 0 bridgehead atoms. The van der Waals surface area contributed by atoms with Crippen molar-refractivity contribution in [1.82, 2.24) is 16.0 Å². The molecule has 0 spiro atoms. The first-order valence-electron chi connectivity index (χ1n) is 9.68. The molecule has 0 unspecified atom stereocenters. The maximum Gasteiger partial charge on any atom is 0.257 e. The van der Waals surface area contributed by atoms with Gasteiger partial charge in [-0.2, -0.15) is 0 Å². The molecule has 0 saturated heterocycles. The predicted octanol–water partition coefficient (Wildman–Crippen LogP) is 1.13. The summed E-state index contributed by atoms with van der Waals surface area (Å²) in [6, 6.07) is 13.2. The molecular weight excluding hydrogens is 511 g/mol. The average molecular weight is 536 g/mol. The number of benzene rings is 2. The molecule has 2 aromatic carbocycles. The molecule has 0 heterocycles. The van der Waals surface area contributed by atoms with E-state index in [0.29, 0.717) is 5.56 Å². The fourth-order valence-electron chi connectivity index (χ4n) is 2.67. The molecule has 8 nitrogen and oxygen atoms in total. The van der Waals surface area contributed by atoms with Gasteiger partial charge >= 0.3 is 0 Å². The first kappa shape index (κ1) is 24.5. The molecule has 0 aliphatic rings. The highest BCUT2D eigenvalue weighted by molar-refractivity contribution is 14.1. The topological polar surface area (TPSA) is 130 Å². The number of carbonyl (C=O) groups excluding carboxylic acids is 4. The zero-order valence-corrected chi connectivity index (χ0v) is 19.4. The molecule has 3 atom stereocenters. The van der Waals surface area contributed by atoms with Crippen molar-refractivity contribution in [3.8, 4) is 0 Å². The molecule has 2 rings (SSSR count). The first-order chi connectivity index (χ1) is 14.7. The number of halogens is 1. The van der Waals surface area contributed by atoms with Crippen molar-refractivity contribution in [3.63, 3.8) is 0 Å². The molecular formula is C22H25IN4O4. The monoisotopic (exact) mass is 536 g/mol. The maximum absolute atomic E-state index is 12.8. The van der Waals surface area contributed by atoms with Crippen molar-refractivity contribution >= 4 is 46.2 Å². The Morgan fingerprint density at radius 3 is 2.19 bits per heavy atom. The minimum absolute atomic E-state index is 0.173. The molecule has 4 amide bonds. The molecule has 164 valence electrons. The van der Waals surface area contributed by atoms with Crippen molar-refractivity contribution in [1.29, 1.82) is 0 Å². The highest BCUT2D eigenvalue weighted by Crippen LogP contribution is 2.09. The van der Waals surface area contributed by atoms with Gasteiger partial charge in [0.1, 0.15) is 12.1 Å². The summed E-state index contributed by atoms with van der Waals surface area (Å²) >= 11 is 2.07. The van der Waals surface area contributed by atoms with Crippen LogP contribution in [0.2, 0.25) is 0 Å². The van der Waals surface area contributed by atoms with Crippen LogP contribution in [0.5, 0.6) is 0 Å². The van der Waals surface area contributed by atoms with Crippen molar-refractivity contribution in [2.45, 2.75) is 38.4 Å². The number of carbonyl (C=O) groups is 4. The Morgan fingerprint density at radius 2 is 1.58 bits per heavy atom. The predicted molar refractivity (Wildman–Crippen MR) is 125 cm³/mol. The lowest BCUT2D eigenvalue weighted by Crippen LogP contribution is -2.55. The number of nitrogens with one attached hydrogen (secondary N) is 3. The maximum atomic E-state index is 12.8. The van der Waals surface area contributed by atoms with Crippen LogP contribution >= 0.6 is 22.6 Å². The fraction of sp³-hybridized carbons (Fsp3) is 0.273. The molecule has 0 fully saturated rings. The van der Waals surface area contributed by atoms with Gasteiger partial charge in [-0.1, -0.05) is 36.4 Å². The zero-order chi connectivity index (χ0) is 23.0. The third-order valence-corrected chi connectivity index (χ3v) is 5.08. The Labute approximate surface area is 194 Å². The Hall–Kier alpha value is -2.79. The van der Waals surface area contributed by atoms with Gasteiger partial charge in [-0.05, 0) is 60.2 Å². The van der Waals surface area contributed by atoms with Crippen LogP contribution in [0, 0.1) is 3.57 Å². The second kappa shape index (κ2) is 11.6. The van der Waals surface area contributed by atoms with Gasteiger partial charge in [0, 0.05) is 15.6 Å². The van der Waals surface area contributed by atoms with Gasteiger partial charge in [0.2, 0.25) is 17.7 Å². The van der Waals surface area contributed by atoms with E-state index in [9.17, 15) is 19.2 Å². The van der Waals surface area contributed by atoms with Crippen molar-refractivity contribution in [2.24, 2.45) is 5.73 Å². The van der Waals surface area contributed by atoms with Gasteiger partial charge in [0.05, 0.1) is 6.04 Å². The molecule has 0 aliphatic carbocycles. The van der Waals surface area contributed by atoms with E-state index in [0.717, 1.165) is 9.13 Å². The molecule has 0 aromatic heterocycles. The second-order valence-corrected chi connectivity index (χ2v) is 8.34. The fourth-order valence-corrected chi connectivity index (χ4v) is 3.21. The molecule has 31 heavy (non-hydrogen) atoms. The molecule has 0 saturated carbocycles. The normalized spacial score (nSPS) is 13.4. The van der Waals surface area contributed by atoms with Crippen LogP contribution in [0.25, 0.3) is 0 Å². The van der Waals surface area contributed by atoms with Crippen LogP contribution in [-0.4, -0.2) is 41.8 Å². The van der Waals surface area contributed by atoms with Crippen LogP contribution in [0.4, 0.5) is 0 Å². The van der Waals surface area contributed by atoms with Gasteiger partial charge in [-0.25, -0.2) is 0 Å². The third kappa shape index (κ3) is 7.76. The summed E-state index contributed by atoms with van der Waals surface area (Å²) in [5.74, 6) is -2.26. The lowest BCUT2D eigenvalue weighted by atomic mass is 10.0. The van der Waals surface area contributed by atoms with Crippen LogP contribution < -0.4 is 21.7 Å². The van der Waals surface area contributed by atoms with E-state index in [1.165, 1.54) is 13.8 Å². The minimum atomic E-state index is -1.02. The minimum Gasteiger partial charge on any atom is -0.343 e. The molecule has 0 radical (unpaired) electrons. The van der Waals surface area contributed by atoms with Crippen LogP contribution in [0.15, 0.2) is 54.6 Å². The largest absolute Gasteiger partial charge is 0.343 e. The Bertz CT molecular complexity index is 950. The average Bonchev–Trinajstić information content (AvgIpc) is 2.73. The van der Waals surface area contributed by atoms with E-state index in [1.807, 2.05) is 36.4 Å². The Morgan fingerprint density at radius 1 is 0.903 bits per heavy atom. The highest BCUT2D eigenvalue weighted by Gasteiger charge is 2.26. The van der Waals surface area contributed by atoms with Crippen LogP contribution in [0.1, 0.15) is 29.8 Å². The summed E-state index contributed by atoms with van der Waals surface area (Å²) in [7, 11) is 0. The molecule has 9 heteroatoms. The smallest absolute Gasteiger partial charge is 0.257 e. The number of hydrogen-bond donors (Lipinski definition) is 4. The van der Waals surface area contributed by atoms with Crippen LogP contribution in [0.3, 0.4) is 0 Å². The number of amides is 4. The second-order valence-electron chi connectivity index (χ2n) is 7.10. The number of hydrogen-bond acceptors (Lipinski definition) is 5. The van der Waals surface area contributed by atoms with E-state index >= 15 is 0 Å². The quantitative estimate of drug-likeness (QED) is 0.376. The van der Waals surface area contributed by atoms with E-state index in [-0.39, 0.29) is 6.42 Å². The van der Waals surface area contributed by atoms with Crippen molar-refractivity contribution in [3.05, 3.63) is 69.3 Å². The molecule has 2 aromatic rings. The highest BCUT2D eigenvalue weighted by atomic mass is 127. The molecule has 0 aliphatic heterocycles. The van der Waals surface area contributed by atoms with Gasteiger partial charge in [0.25, 0.3) is 5.91 Å². The lowest BCUT2D eigenvalue weighted by Gasteiger charge is -2.21. The zero-order valence-electron chi connectivity index (χ0n) is 17.2. The number of rotatable bonds is 8. The Balaban J connectivity index is 2.13. The van der Waals surface area contributed by atoms with Gasteiger partial charge in [-0.3, -0.25) is 24.5 Å². The van der Waals surface area contributed by atoms with Gasteiger partial charge in [0.15, 0.2) is 0 Å². The first-order valence-corrected chi connectivity index (χ1v) is 10.8. The number of nitrogens with two attached hydrogens (primary N) is 1. The summed E-state index contributed by atoms with van der Waals surface area (Å²) in [6.07, 6.45) is 0.173. The van der Waals surface area contributed by atoms with E-state index in [4.69, 9.17) is 5.73 Å². The lowest BCUT2D eigenvalue weighted by molar-refractivity contribution is -0.131. The summed E-state index contributed by atoms with van der Waals surface area (Å²) in [6.45, 7) is 2.99. The van der Waals surface area contributed by atoms with E-state index < -0.39 is 41.8 Å². The van der Waals surface area contributed by atoms with Crippen LogP contribution in [-0.2, 0) is 20.8 Å². The van der Waals surface area contributed by atoms with Gasteiger partial charge in [-0.15, -0.1) is 0 Å². The third-order valence-electron chi connectivity index (χ3n) is 4.40. The van der Waals surface area contributed by atoms with E-state index in [2.05, 4.69) is 38.5 Å². The summed E-state index contributed by atoms with van der Waals surface area (Å²) in [4.78, 5) is 49.7. The van der Waals surface area contributed by atoms with Crippen molar-refractivity contribution < 1.29 is 19.2 Å². The standard InChI is InChI=1S/C22H25IN4O4/c1-13(24)19(28)25-14(2)20(29)26-18(11-15-7-4-3-5-8-15)22(31)27-21(30)16-9-6-10-17(23)12-16/h3-10,12-14,18H,11,24H2,1-2H3,(H,25,28)(H,26,29)(H,27,30,31)/t13-,14-,18-/m0/s1. The van der Waals surface area contributed by atoms with E-state index in [1.54, 1.807) is 18.2 Å². The van der Waals surface area contributed by atoms with Gasteiger partial charge < -0.3 is 16.4 Å². The summed E-state index contributed by atoms with van der Waals surface area (Å²) in [5, 5.41) is 7.45. The number of imide groups is 1. The molecule has 5 N–H and O–H groups in total. The summed E-state index contributed by atoms with van der Waals surface area (Å²) < 4.78 is 0.852. The SMILES string of the molecule is C[C@H](N)C(=O)N[C@@H](C)C(=O)N[C@@H](Cc1ccccc1)C(=O)NC(=O)c1cccc(I)c1.